The highest BCUT2D eigenvalue weighted by Gasteiger charge is 2.57. The third-order valence-electron chi connectivity index (χ3n) is 7.99. The van der Waals surface area contributed by atoms with Crippen molar-refractivity contribution < 1.29 is 15.0 Å². The molecule has 4 nitrogen and oxygen atoms in total. The minimum atomic E-state index is -0.279. The average molecular weight is 323 g/mol. The molecule has 0 aromatic heterocycles. The number of Topliss-reactive ketones (excluding diaryl/α,β-unsaturated/α-hetero) is 1. The number of rotatable bonds is 3. The van der Waals surface area contributed by atoms with Crippen LogP contribution in [0.5, 0.6) is 0 Å². The Bertz CT molecular complexity index is 468. The van der Waals surface area contributed by atoms with E-state index in [1.54, 1.807) is 0 Å². The van der Waals surface area contributed by atoms with Gasteiger partial charge in [-0.2, -0.15) is 0 Å². The van der Waals surface area contributed by atoms with Crippen LogP contribution in [0.3, 0.4) is 0 Å². The number of aliphatic hydroxyl groups excluding tert-OH is 2. The predicted octanol–water partition coefficient (Wildman–Crippen LogP) is 2.12. The van der Waals surface area contributed by atoms with Gasteiger partial charge in [-0.15, -0.1) is 0 Å². The van der Waals surface area contributed by atoms with E-state index >= 15 is 0 Å². The minimum absolute atomic E-state index is 0.0327. The summed E-state index contributed by atoms with van der Waals surface area (Å²) in [4.78, 5) is 12.4. The van der Waals surface area contributed by atoms with Crippen molar-refractivity contribution in [2.75, 3.05) is 13.2 Å². The van der Waals surface area contributed by atoms with Crippen molar-refractivity contribution in [2.45, 2.75) is 64.9 Å². The molecule has 132 valence electrons. The maximum atomic E-state index is 12.4. The second kappa shape index (κ2) is 6.12. The molecule has 3 aliphatic rings. The third-order valence-corrected chi connectivity index (χ3v) is 7.99. The first kappa shape index (κ1) is 17.4. The number of nitrogens with two attached hydrogens (primary N) is 1. The van der Waals surface area contributed by atoms with Crippen LogP contribution < -0.4 is 5.73 Å². The highest BCUT2D eigenvalue weighted by molar-refractivity contribution is 5.87. The van der Waals surface area contributed by atoms with E-state index in [0.29, 0.717) is 42.9 Å². The third kappa shape index (κ3) is 2.58. The molecule has 0 spiro atoms. The van der Waals surface area contributed by atoms with Crippen LogP contribution in [-0.4, -0.2) is 35.3 Å². The van der Waals surface area contributed by atoms with E-state index in [-0.39, 0.29) is 29.5 Å². The quantitative estimate of drug-likeness (QED) is 0.743. The number of aliphatic hydroxyl groups is 2. The van der Waals surface area contributed by atoms with Gasteiger partial charge in [0.25, 0.3) is 0 Å². The van der Waals surface area contributed by atoms with Gasteiger partial charge in [0.15, 0.2) is 0 Å². The maximum Gasteiger partial charge on any atom is 0.139 e. The van der Waals surface area contributed by atoms with E-state index in [4.69, 9.17) is 5.73 Å². The molecule has 0 aliphatic heterocycles. The molecule has 0 heterocycles. The molecule has 0 saturated heterocycles. The summed E-state index contributed by atoms with van der Waals surface area (Å²) >= 11 is 0. The summed E-state index contributed by atoms with van der Waals surface area (Å²) in [5, 5.41) is 19.9. The Hall–Kier alpha value is -0.450. The van der Waals surface area contributed by atoms with Gasteiger partial charge in [-0.25, -0.2) is 0 Å². The van der Waals surface area contributed by atoms with Gasteiger partial charge in [-0.05, 0) is 74.2 Å². The number of hydrogen-bond acceptors (Lipinski definition) is 4. The second-order valence-corrected chi connectivity index (χ2v) is 8.84. The Morgan fingerprint density at radius 2 is 1.91 bits per heavy atom. The number of ketones is 1. The predicted molar refractivity (Wildman–Crippen MR) is 89.6 cm³/mol. The number of fused-ring (bicyclic) bond motifs is 1. The van der Waals surface area contributed by atoms with E-state index in [1.807, 2.05) is 0 Å². The molecule has 4 N–H and O–H groups in total. The molecular weight excluding hydrogens is 290 g/mol. The summed E-state index contributed by atoms with van der Waals surface area (Å²) < 4.78 is 0. The van der Waals surface area contributed by atoms with Gasteiger partial charge in [0, 0.05) is 18.4 Å². The van der Waals surface area contributed by atoms with Crippen LogP contribution >= 0.6 is 0 Å². The van der Waals surface area contributed by atoms with Crippen LogP contribution in [0.25, 0.3) is 0 Å². The molecule has 0 unspecified atom stereocenters. The van der Waals surface area contributed by atoms with Crippen molar-refractivity contribution in [1.29, 1.82) is 0 Å². The Balaban J connectivity index is 1.89. The normalized spacial score (nSPS) is 50.8. The van der Waals surface area contributed by atoms with Crippen LogP contribution in [0, 0.1) is 34.5 Å². The lowest BCUT2D eigenvalue weighted by atomic mass is 9.49. The van der Waals surface area contributed by atoms with E-state index in [2.05, 4.69) is 13.8 Å². The maximum absolute atomic E-state index is 12.4. The Morgan fingerprint density at radius 3 is 2.57 bits per heavy atom. The Kier molecular flexibility index (Phi) is 4.63. The smallest absolute Gasteiger partial charge is 0.139 e. The minimum Gasteiger partial charge on any atom is -0.396 e. The van der Waals surface area contributed by atoms with Crippen molar-refractivity contribution in [2.24, 2.45) is 40.2 Å². The van der Waals surface area contributed by atoms with Crippen molar-refractivity contribution >= 4 is 5.78 Å². The van der Waals surface area contributed by atoms with Crippen LogP contribution in [0.15, 0.2) is 0 Å². The first-order valence-corrected chi connectivity index (χ1v) is 9.39. The molecule has 7 atom stereocenters. The number of hydrogen-bond donors (Lipinski definition) is 3. The zero-order chi connectivity index (χ0) is 16.8. The van der Waals surface area contributed by atoms with Gasteiger partial charge < -0.3 is 15.9 Å². The van der Waals surface area contributed by atoms with Crippen LogP contribution in [0.2, 0.25) is 0 Å². The zero-order valence-electron chi connectivity index (χ0n) is 14.6. The summed E-state index contributed by atoms with van der Waals surface area (Å²) in [7, 11) is 0. The Labute approximate surface area is 139 Å². The topological polar surface area (TPSA) is 83.6 Å². The van der Waals surface area contributed by atoms with Crippen molar-refractivity contribution in [3.8, 4) is 0 Å². The summed E-state index contributed by atoms with van der Waals surface area (Å²) in [5.74, 6) is 1.81. The highest BCUT2D eigenvalue weighted by atomic mass is 16.3. The van der Waals surface area contributed by atoms with Gasteiger partial charge in [0.05, 0.1) is 6.10 Å². The number of carbonyl (C=O) groups excluding carboxylic acids is 1. The molecule has 0 bridgehead atoms. The van der Waals surface area contributed by atoms with E-state index in [9.17, 15) is 15.0 Å². The molecule has 0 radical (unpaired) electrons. The largest absolute Gasteiger partial charge is 0.396 e. The second-order valence-electron chi connectivity index (χ2n) is 8.84. The lowest BCUT2D eigenvalue weighted by Gasteiger charge is -2.55. The first-order chi connectivity index (χ1) is 10.9. The lowest BCUT2D eigenvalue weighted by Crippen LogP contribution is -2.53. The van der Waals surface area contributed by atoms with E-state index in [1.165, 1.54) is 0 Å². The van der Waals surface area contributed by atoms with E-state index < -0.39 is 0 Å². The summed E-state index contributed by atoms with van der Waals surface area (Å²) in [6.07, 6.45) is 5.89. The highest BCUT2D eigenvalue weighted by Crippen LogP contribution is 2.60. The monoisotopic (exact) mass is 323 g/mol. The van der Waals surface area contributed by atoms with E-state index in [0.717, 1.165) is 32.1 Å². The van der Waals surface area contributed by atoms with Gasteiger partial charge in [0.2, 0.25) is 0 Å². The molecule has 3 fully saturated rings. The molecule has 23 heavy (non-hydrogen) atoms. The standard InChI is InChI=1S/C19H33NO3/c1-18(7-5-13(22)9-12(18)11-21)16-6-8-19(2)15(14(16)10-20)3-4-17(19)23/h12-16,21-22H,3-11,20H2,1-2H3/t12-,13+,14+,15+,16+,18+,19+/m1/s1. The molecule has 3 aliphatic carbocycles. The van der Waals surface area contributed by atoms with Crippen molar-refractivity contribution in [3.05, 3.63) is 0 Å². The van der Waals surface area contributed by atoms with Gasteiger partial charge in [-0.1, -0.05) is 13.8 Å². The van der Waals surface area contributed by atoms with Gasteiger partial charge in [0.1, 0.15) is 5.78 Å². The fraction of sp³-hybridized carbons (Fsp3) is 0.947. The molecule has 4 heteroatoms. The lowest BCUT2D eigenvalue weighted by molar-refractivity contribution is -0.135. The zero-order valence-corrected chi connectivity index (χ0v) is 14.6. The van der Waals surface area contributed by atoms with Crippen LogP contribution in [0.4, 0.5) is 0 Å². The molecule has 0 aromatic carbocycles. The van der Waals surface area contributed by atoms with Crippen molar-refractivity contribution in [3.63, 3.8) is 0 Å². The SMILES string of the molecule is C[C@]1([C@H]2CC[C@]3(C)C(=O)CC[C@H]3[C@@H]2CN)CC[C@H](O)C[C@@H]1CO. The average Bonchev–Trinajstić information content (AvgIpc) is 2.84. The first-order valence-electron chi connectivity index (χ1n) is 9.39. The molecule has 3 saturated carbocycles. The van der Waals surface area contributed by atoms with Crippen LogP contribution in [0.1, 0.15) is 58.8 Å². The molecule has 0 aromatic rings. The summed E-state index contributed by atoms with van der Waals surface area (Å²) in [5.41, 5.74) is 6.08. The van der Waals surface area contributed by atoms with Gasteiger partial charge in [-0.3, -0.25) is 4.79 Å². The Morgan fingerprint density at radius 1 is 1.17 bits per heavy atom. The summed E-state index contributed by atoms with van der Waals surface area (Å²) in [6.45, 7) is 5.23. The fourth-order valence-corrected chi connectivity index (χ4v) is 6.37. The fourth-order valence-electron chi connectivity index (χ4n) is 6.37. The van der Waals surface area contributed by atoms with Gasteiger partial charge >= 0.3 is 0 Å². The number of carbonyl (C=O) groups is 1. The van der Waals surface area contributed by atoms with Crippen LogP contribution in [-0.2, 0) is 4.79 Å². The summed E-state index contributed by atoms with van der Waals surface area (Å²) in [6, 6.07) is 0. The molecule has 3 rings (SSSR count). The molecule has 0 amide bonds. The van der Waals surface area contributed by atoms with Crippen molar-refractivity contribution in [1.82, 2.24) is 0 Å². The molecular formula is C19H33NO3.